The number of non-ortho nitro benzene ring substituents is 1. The van der Waals surface area contributed by atoms with E-state index in [2.05, 4.69) is 18.7 Å². The molecule has 2 unspecified atom stereocenters. The molecule has 1 aliphatic carbocycles. The third-order valence-electron chi connectivity index (χ3n) is 6.00. The highest BCUT2D eigenvalue weighted by atomic mass is 16.6. The van der Waals surface area contributed by atoms with E-state index in [9.17, 15) is 10.1 Å². The largest absolute Gasteiger partial charge is 0.370 e. The number of hydrogen-bond donors (Lipinski definition) is 0. The molecule has 1 aromatic carbocycles. The fraction of sp³-hybridized carbons (Fsp3) is 0.647. The summed E-state index contributed by atoms with van der Waals surface area (Å²) < 4.78 is 0. The molecule has 0 bridgehead atoms. The van der Waals surface area contributed by atoms with Crippen molar-refractivity contribution < 1.29 is 4.92 Å². The van der Waals surface area contributed by atoms with Crippen LogP contribution in [-0.4, -0.2) is 18.0 Å². The summed E-state index contributed by atoms with van der Waals surface area (Å²) in [6.07, 6.45) is 3.93. The van der Waals surface area contributed by atoms with Gasteiger partial charge in [-0.25, -0.2) is 0 Å². The number of benzene rings is 1. The zero-order valence-corrected chi connectivity index (χ0v) is 13.4. The molecule has 2 fully saturated rings. The second kappa shape index (κ2) is 4.46. The number of rotatable bonds is 2. The summed E-state index contributed by atoms with van der Waals surface area (Å²) in [7, 11) is 0. The van der Waals surface area contributed by atoms with Crippen LogP contribution in [0.15, 0.2) is 12.1 Å². The Morgan fingerprint density at radius 3 is 2.00 bits per heavy atom. The summed E-state index contributed by atoms with van der Waals surface area (Å²) >= 11 is 0. The van der Waals surface area contributed by atoms with E-state index in [1.807, 2.05) is 13.8 Å². The van der Waals surface area contributed by atoms with E-state index in [1.54, 1.807) is 12.1 Å². The van der Waals surface area contributed by atoms with Gasteiger partial charge in [0.15, 0.2) is 0 Å². The lowest BCUT2D eigenvalue weighted by molar-refractivity contribution is -0.384. The molecule has 4 nitrogen and oxygen atoms in total. The lowest BCUT2D eigenvalue weighted by Gasteiger charge is -2.32. The molecule has 1 saturated carbocycles. The van der Waals surface area contributed by atoms with Gasteiger partial charge < -0.3 is 4.90 Å². The topological polar surface area (TPSA) is 46.4 Å². The number of anilines is 1. The van der Waals surface area contributed by atoms with Crippen LogP contribution in [0, 0.1) is 34.8 Å². The van der Waals surface area contributed by atoms with Crippen molar-refractivity contribution in [3.63, 3.8) is 0 Å². The summed E-state index contributed by atoms with van der Waals surface area (Å²) in [5.41, 5.74) is 4.21. The Morgan fingerprint density at radius 1 is 1.10 bits per heavy atom. The summed E-state index contributed by atoms with van der Waals surface area (Å²) in [5, 5.41) is 11.0. The standard InChI is InChI=1S/C17H24N2O2/c1-12-8-14(19(20)21)9-13(2)15(12)18-10-16(3)6-5-7-17(16,4)11-18/h8-9H,5-7,10-11H2,1-4H3. The van der Waals surface area contributed by atoms with Crippen molar-refractivity contribution in [3.8, 4) is 0 Å². The average Bonchev–Trinajstić information content (AvgIpc) is 2.75. The molecule has 1 heterocycles. The first-order valence-electron chi connectivity index (χ1n) is 7.76. The van der Waals surface area contributed by atoms with E-state index >= 15 is 0 Å². The highest BCUT2D eigenvalue weighted by Gasteiger charge is 2.54. The number of aryl methyl sites for hydroxylation is 2. The van der Waals surface area contributed by atoms with E-state index < -0.39 is 0 Å². The molecule has 4 heteroatoms. The highest BCUT2D eigenvalue weighted by Crippen LogP contribution is 2.58. The van der Waals surface area contributed by atoms with Crippen LogP contribution >= 0.6 is 0 Å². The quantitative estimate of drug-likeness (QED) is 0.604. The molecule has 3 rings (SSSR count). The predicted molar refractivity (Wildman–Crippen MR) is 84.8 cm³/mol. The third kappa shape index (κ3) is 2.03. The number of fused-ring (bicyclic) bond motifs is 1. The van der Waals surface area contributed by atoms with Gasteiger partial charge >= 0.3 is 0 Å². The molecule has 2 aliphatic rings. The fourth-order valence-electron chi connectivity index (χ4n) is 4.61. The Labute approximate surface area is 126 Å². The van der Waals surface area contributed by atoms with Gasteiger partial charge in [0.2, 0.25) is 0 Å². The number of nitrogens with zero attached hydrogens (tertiary/aromatic N) is 2. The molecule has 1 aliphatic heterocycles. The Morgan fingerprint density at radius 2 is 1.57 bits per heavy atom. The second-order valence-corrected chi connectivity index (χ2v) is 7.52. The maximum atomic E-state index is 11.0. The minimum Gasteiger partial charge on any atom is -0.370 e. The van der Waals surface area contributed by atoms with Gasteiger partial charge in [-0.2, -0.15) is 0 Å². The van der Waals surface area contributed by atoms with Crippen LogP contribution in [0.5, 0.6) is 0 Å². The summed E-state index contributed by atoms with van der Waals surface area (Å²) in [6.45, 7) is 11.0. The second-order valence-electron chi connectivity index (χ2n) is 7.52. The van der Waals surface area contributed by atoms with Crippen LogP contribution in [0.4, 0.5) is 11.4 Å². The maximum Gasteiger partial charge on any atom is 0.270 e. The summed E-state index contributed by atoms with van der Waals surface area (Å²) in [4.78, 5) is 13.2. The van der Waals surface area contributed by atoms with Crippen LogP contribution in [0.2, 0.25) is 0 Å². The van der Waals surface area contributed by atoms with Crippen molar-refractivity contribution in [1.29, 1.82) is 0 Å². The smallest absolute Gasteiger partial charge is 0.270 e. The first kappa shape index (κ1) is 14.4. The first-order valence-corrected chi connectivity index (χ1v) is 7.76. The van der Waals surface area contributed by atoms with Crippen LogP contribution in [-0.2, 0) is 0 Å². The SMILES string of the molecule is Cc1cc([N+](=O)[O-])cc(C)c1N1CC2(C)CCCC2(C)C1. The Kier molecular flexibility index (Phi) is 3.05. The average molecular weight is 288 g/mol. The molecule has 0 spiro atoms. The minimum atomic E-state index is -0.300. The number of nitro groups is 1. The van der Waals surface area contributed by atoms with E-state index in [4.69, 9.17) is 0 Å². The van der Waals surface area contributed by atoms with Gasteiger partial charge in [0.05, 0.1) is 4.92 Å². The Bertz CT molecular complexity index is 572. The van der Waals surface area contributed by atoms with Gasteiger partial charge in [-0.1, -0.05) is 20.3 Å². The zero-order valence-electron chi connectivity index (χ0n) is 13.4. The molecular formula is C17H24N2O2. The lowest BCUT2D eigenvalue weighted by Crippen LogP contribution is -2.30. The zero-order chi connectivity index (χ0) is 15.4. The van der Waals surface area contributed by atoms with Gasteiger partial charge in [-0.05, 0) is 48.6 Å². The fourth-order valence-corrected chi connectivity index (χ4v) is 4.61. The van der Waals surface area contributed by atoms with Gasteiger partial charge in [-0.15, -0.1) is 0 Å². The van der Waals surface area contributed by atoms with Crippen molar-refractivity contribution in [2.45, 2.75) is 47.0 Å². The van der Waals surface area contributed by atoms with Crippen LogP contribution in [0.25, 0.3) is 0 Å². The molecular weight excluding hydrogens is 264 g/mol. The summed E-state index contributed by atoms with van der Waals surface area (Å²) in [5.74, 6) is 0. The molecule has 1 saturated heterocycles. The highest BCUT2D eigenvalue weighted by molar-refractivity contribution is 5.64. The van der Waals surface area contributed by atoms with Crippen molar-refractivity contribution in [3.05, 3.63) is 33.4 Å². The molecule has 1 aromatic rings. The molecule has 21 heavy (non-hydrogen) atoms. The molecule has 2 atom stereocenters. The van der Waals surface area contributed by atoms with Gasteiger partial charge in [0.1, 0.15) is 0 Å². The van der Waals surface area contributed by atoms with Crippen LogP contribution in [0.1, 0.15) is 44.2 Å². The van der Waals surface area contributed by atoms with E-state index in [-0.39, 0.29) is 10.6 Å². The van der Waals surface area contributed by atoms with Gasteiger partial charge in [0.25, 0.3) is 5.69 Å². The Balaban J connectivity index is 1.98. The molecule has 0 N–H and O–H groups in total. The van der Waals surface area contributed by atoms with Gasteiger partial charge in [0, 0.05) is 30.9 Å². The van der Waals surface area contributed by atoms with E-state index in [0.717, 1.165) is 24.2 Å². The predicted octanol–water partition coefficient (Wildman–Crippen LogP) is 4.23. The van der Waals surface area contributed by atoms with E-state index in [1.165, 1.54) is 24.9 Å². The monoisotopic (exact) mass is 288 g/mol. The van der Waals surface area contributed by atoms with Crippen molar-refractivity contribution in [2.24, 2.45) is 10.8 Å². The normalized spacial score (nSPS) is 31.5. The van der Waals surface area contributed by atoms with Crippen molar-refractivity contribution in [2.75, 3.05) is 18.0 Å². The maximum absolute atomic E-state index is 11.0. The first-order chi connectivity index (χ1) is 9.76. The minimum absolute atomic E-state index is 0.200. The van der Waals surface area contributed by atoms with Crippen molar-refractivity contribution in [1.82, 2.24) is 0 Å². The van der Waals surface area contributed by atoms with Crippen LogP contribution in [0.3, 0.4) is 0 Å². The molecule has 0 aromatic heterocycles. The van der Waals surface area contributed by atoms with E-state index in [0.29, 0.717) is 10.8 Å². The summed E-state index contributed by atoms with van der Waals surface area (Å²) in [6, 6.07) is 3.42. The molecule has 0 amide bonds. The van der Waals surface area contributed by atoms with Crippen LogP contribution < -0.4 is 4.90 Å². The molecule has 114 valence electrons. The third-order valence-corrected chi connectivity index (χ3v) is 6.00. The number of hydrogen-bond acceptors (Lipinski definition) is 3. The lowest BCUT2D eigenvalue weighted by atomic mass is 9.71. The Hall–Kier alpha value is -1.58. The van der Waals surface area contributed by atoms with Gasteiger partial charge in [-0.3, -0.25) is 10.1 Å². The number of nitro benzene ring substituents is 1. The molecule has 0 radical (unpaired) electrons. The van der Waals surface area contributed by atoms with Crippen molar-refractivity contribution >= 4 is 11.4 Å².